The van der Waals surface area contributed by atoms with Crippen LogP contribution in [-0.4, -0.2) is 41.0 Å². The molecule has 0 aliphatic heterocycles. The first-order valence-electron chi connectivity index (χ1n) is 12.7. The molecule has 3 N–H and O–H groups in total. The van der Waals surface area contributed by atoms with Crippen molar-refractivity contribution in [3.63, 3.8) is 0 Å². The molecular weight excluding hydrogens is 495 g/mol. The van der Waals surface area contributed by atoms with E-state index in [1.807, 2.05) is 39.0 Å². The van der Waals surface area contributed by atoms with Gasteiger partial charge in [-0.05, 0) is 23.6 Å². The molecule has 0 saturated heterocycles. The van der Waals surface area contributed by atoms with Crippen LogP contribution in [0.2, 0.25) is 0 Å². The summed E-state index contributed by atoms with van der Waals surface area (Å²) >= 11 is 0. The third kappa shape index (κ3) is 5.05. The van der Waals surface area contributed by atoms with Gasteiger partial charge in [0.05, 0.1) is 34.5 Å². The van der Waals surface area contributed by atoms with Gasteiger partial charge in [-0.15, -0.1) is 0 Å². The Bertz CT molecular complexity index is 1780. The molecule has 0 radical (unpaired) electrons. The summed E-state index contributed by atoms with van der Waals surface area (Å²) in [5.74, 6) is 0.213. The average Bonchev–Trinajstić information content (AvgIpc) is 3.51. The molecular formula is C29H27FN8O. The lowest BCUT2D eigenvalue weighted by Gasteiger charge is -2.17. The number of hydrogen-bond acceptors (Lipinski definition) is 6. The van der Waals surface area contributed by atoms with E-state index in [0.717, 1.165) is 33.1 Å². The smallest absolute Gasteiger partial charge is 0.224 e. The number of hydrogen-bond donors (Lipinski definition) is 3. The minimum atomic E-state index is -0.166. The molecule has 1 unspecified atom stereocenters. The van der Waals surface area contributed by atoms with Crippen LogP contribution in [0.4, 0.5) is 10.1 Å². The highest BCUT2D eigenvalue weighted by atomic mass is 19.1. The van der Waals surface area contributed by atoms with E-state index in [-0.39, 0.29) is 29.5 Å². The van der Waals surface area contributed by atoms with Gasteiger partial charge in [0, 0.05) is 54.0 Å². The summed E-state index contributed by atoms with van der Waals surface area (Å²) in [6.45, 7) is 6.07. The number of aromatic amines is 2. The molecule has 0 fully saturated rings. The standard InChI is InChI=1S/C29H27FN8O/c1-29(2,3)10-24(39)34-20-8-17(11-31-13-20)18-9-21-26(37-38-27(21)33-12-18)28-35-23-15-32-14-22(25(23)36-28)16-5-4-6-19(30)7-16/h4-6,8-9,11-16H,7,10H2,1-3H3,(H,34,39)(H,35,36)(H,33,37,38). The van der Waals surface area contributed by atoms with Crippen molar-refractivity contribution in [3.05, 3.63) is 72.7 Å². The fourth-order valence-electron chi connectivity index (χ4n) is 4.79. The molecule has 196 valence electrons. The number of halogens is 1. The number of pyridine rings is 3. The molecule has 9 nitrogen and oxygen atoms in total. The van der Waals surface area contributed by atoms with E-state index in [9.17, 15) is 9.18 Å². The van der Waals surface area contributed by atoms with E-state index in [4.69, 9.17) is 4.98 Å². The second-order valence-corrected chi connectivity index (χ2v) is 11.0. The number of H-pyrrole nitrogens is 2. The lowest BCUT2D eigenvalue weighted by Crippen LogP contribution is -2.19. The van der Waals surface area contributed by atoms with Crippen molar-refractivity contribution in [2.24, 2.45) is 5.41 Å². The predicted molar refractivity (Wildman–Crippen MR) is 148 cm³/mol. The summed E-state index contributed by atoms with van der Waals surface area (Å²) < 4.78 is 14.0. The molecule has 5 heterocycles. The van der Waals surface area contributed by atoms with Crippen LogP contribution < -0.4 is 5.32 Å². The van der Waals surface area contributed by atoms with Crippen LogP contribution in [0.15, 0.2) is 67.2 Å². The first-order valence-corrected chi connectivity index (χ1v) is 12.7. The van der Waals surface area contributed by atoms with Gasteiger partial charge < -0.3 is 10.3 Å². The third-order valence-corrected chi connectivity index (χ3v) is 6.55. The Labute approximate surface area is 223 Å². The largest absolute Gasteiger partial charge is 0.335 e. The van der Waals surface area contributed by atoms with Gasteiger partial charge in [-0.3, -0.25) is 19.9 Å². The molecule has 1 amide bonds. The molecule has 10 heteroatoms. The molecule has 0 bridgehead atoms. The van der Waals surface area contributed by atoms with Gasteiger partial charge >= 0.3 is 0 Å². The van der Waals surface area contributed by atoms with Gasteiger partial charge in [0.1, 0.15) is 11.5 Å². The minimum Gasteiger partial charge on any atom is -0.335 e. The maximum absolute atomic E-state index is 14.0. The van der Waals surface area contributed by atoms with Crippen LogP contribution in [-0.2, 0) is 4.79 Å². The normalized spacial score (nSPS) is 15.6. The quantitative estimate of drug-likeness (QED) is 0.251. The van der Waals surface area contributed by atoms with Gasteiger partial charge in [-0.2, -0.15) is 5.10 Å². The fraction of sp³-hybridized carbons (Fsp3) is 0.241. The van der Waals surface area contributed by atoms with Crippen molar-refractivity contribution < 1.29 is 9.18 Å². The minimum absolute atomic E-state index is 0.0617. The molecule has 6 rings (SSSR count). The second-order valence-electron chi connectivity index (χ2n) is 11.0. The number of nitrogens with zero attached hydrogens (tertiary/aromatic N) is 5. The maximum Gasteiger partial charge on any atom is 0.224 e. The van der Waals surface area contributed by atoms with Crippen molar-refractivity contribution in [1.29, 1.82) is 0 Å². The van der Waals surface area contributed by atoms with E-state index in [1.54, 1.807) is 37.1 Å². The van der Waals surface area contributed by atoms with Crippen LogP contribution in [0.5, 0.6) is 0 Å². The van der Waals surface area contributed by atoms with Gasteiger partial charge in [0.25, 0.3) is 0 Å². The molecule has 39 heavy (non-hydrogen) atoms. The predicted octanol–water partition coefficient (Wildman–Crippen LogP) is 6.23. The maximum atomic E-state index is 14.0. The van der Waals surface area contributed by atoms with Crippen LogP contribution in [0.1, 0.15) is 45.1 Å². The number of carbonyl (C=O) groups excluding carboxylic acids is 1. The van der Waals surface area contributed by atoms with Crippen LogP contribution in [0, 0.1) is 5.41 Å². The van der Waals surface area contributed by atoms with Gasteiger partial charge in [0.15, 0.2) is 11.5 Å². The number of allylic oxidation sites excluding steroid dienone is 4. The first-order chi connectivity index (χ1) is 18.7. The summed E-state index contributed by atoms with van der Waals surface area (Å²) in [4.78, 5) is 33.8. The molecule has 5 aromatic rings. The highest BCUT2D eigenvalue weighted by molar-refractivity contribution is 5.95. The number of carbonyl (C=O) groups is 1. The number of imidazole rings is 1. The number of aromatic nitrogens is 7. The van der Waals surface area contributed by atoms with E-state index >= 15 is 0 Å². The molecule has 0 saturated carbocycles. The number of fused-ring (bicyclic) bond motifs is 2. The summed E-state index contributed by atoms with van der Waals surface area (Å²) in [5.41, 5.74) is 5.68. The van der Waals surface area contributed by atoms with Crippen molar-refractivity contribution >= 4 is 33.7 Å². The van der Waals surface area contributed by atoms with E-state index in [1.165, 1.54) is 6.08 Å². The van der Waals surface area contributed by atoms with Crippen LogP contribution in [0.25, 0.3) is 44.7 Å². The Morgan fingerprint density at radius 3 is 2.74 bits per heavy atom. The van der Waals surface area contributed by atoms with E-state index < -0.39 is 0 Å². The molecule has 1 aliphatic rings. The topological polar surface area (TPSA) is 125 Å². The Kier molecular flexibility index (Phi) is 6.02. The van der Waals surface area contributed by atoms with Crippen molar-refractivity contribution in [2.45, 2.75) is 39.5 Å². The zero-order valence-corrected chi connectivity index (χ0v) is 21.8. The highest BCUT2D eigenvalue weighted by Gasteiger charge is 2.21. The summed E-state index contributed by atoms with van der Waals surface area (Å²) in [6, 6.07) is 3.84. The Morgan fingerprint density at radius 1 is 1.10 bits per heavy atom. The van der Waals surface area contributed by atoms with Crippen molar-refractivity contribution in [1.82, 2.24) is 35.1 Å². The summed E-state index contributed by atoms with van der Waals surface area (Å²) in [7, 11) is 0. The third-order valence-electron chi connectivity index (χ3n) is 6.55. The Morgan fingerprint density at radius 2 is 1.92 bits per heavy atom. The van der Waals surface area contributed by atoms with E-state index in [2.05, 4.69) is 35.5 Å². The summed E-state index contributed by atoms with van der Waals surface area (Å²) in [5, 5.41) is 11.1. The Hall–Kier alpha value is -4.73. The van der Waals surface area contributed by atoms with Gasteiger partial charge in [0.2, 0.25) is 5.91 Å². The molecule has 0 spiro atoms. The lowest BCUT2D eigenvalue weighted by atomic mass is 9.92. The van der Waals surface area contributed by atoms with Crippen LogP contribution >= 0.6 is 0 Å². The van der Waals surface area contributed by atoms with E-state index in [0.29, 0.717) is 29.3 Å². The zero-order chi connectivity index (χ0) is 27.1. The molecule has 1 atom stereocenters. The first kappa shape index (κ1) is 24.6. The van der Waals surface area contributed by atoms with Crippen molar-refractivity contribution in [2.75, 3.05) is 5.32 Å². The zero-order valence-electron chi connectivity index (χ0n) is 21.8. The molecule has 5 aromatic heterocycles. The Balaban J connectivity index is 1.34. The van der Waals surface area contributed by atoms with Gasteiger partial charge in [-0.25, -0.2) is 14.4 Å². The molecule has 1 aliphatic carbocycles. The number of anilines is 1. The average molecular weight is 523 g/mol. The number of nitrogens with one attached hydrogen (secondary N) is 3. The highest BCUT2D eigenvalue weighted by Crippen LogP contribution is 2.35. The SMILES string of the molecule is CC(C)(C)CC(=O)Nc1cncc(-c2cnc3n[nH]c(-c4nc5c(C6C=CC=C(F)C6)cncc5[nH]4)c3c2)c1. The van der Waals surface area contributed by atoms with Crippen molar-refractivity contribution in [3.8, 4) is 22.6 Å². The summed E-state index contributed by atoms with van der Waals surface area (Å²) in [6.07, 6.45) is 14.4. The number of amides is 1. The fourth-order valence-corrected chi connectivity index (χ4v) is 4.79. The second kappa shape index (κ2) is 9.54. The lowest BCUT2D eigenvalue weighted by molar-refractivity contribution is -0.117. The molecule has 0 aromatic carbocycles. The monoisotopic (exact) mass is 522 g/mol. The van der Waals surface area contributed by atoms with Crippen LogP contribution in [0.3, 0.4) is 0 Å². The number of rotatable bonds is 5. The van der Waals surface area contributed by atoms with Gasteiger partial charge in [-0.1, -0.05) is 32.9 Å².